The van der Waals surface area contributed by atoms with Crippen molar-refractivity contribution in [3.63, 3.8) is 0 Å². The maximum Gasteiger partial charge on any atom is 0.187 e. The van der Waals surface area contributed by atoms with Crippen LogP contribution in [0.15, 0.2) is 430 Å². The van der Waals surface area contributed by atoms with E-state index >= 15 is 0 Å². The molecule has 20 nitrogen and oxygen atoms in total. The summed E-state index contributed by atoms with van der Waals surface area (Å²) in [5.74, 6) is 0. The maximum atomic E-state index is 8.10. The van der Waals surface area contributed by atoms with Crippen LogP contribution in [0.5, 0.6) is 0 Å². The van der Waals surface area contributed by atoms with Gasteiger partial charge in [-0.25, -0.2) is 0 Å². The second-order valence-electron chi connectivity index (χ2n) is 35.8. The molecular weight excluding hydrogens is 1810 g/mol. The maximum absolute atomic E-state index is 8.10. The Labute approximate surface area is 837 Å². The van der Waals surface area contributed by atoms with Gasteiger partial charge in [-0.3, -0.25) is 0 Å². The molecule has 4 aliphatic rings. The van der Waals surface area contributed by atoms with Crippen LogP contribution in [0.3, 0.4) is 0 Å². The van der Waals surface area contributed by atoms with Gasteiger partial charge in [0, 0.05) is 4.90 Å². The zero-order valence-corrected chi connectivity index (χ0v) is 80.4. The first kappa shape index (κ1) is 101. The normalized spacial score (nSPS) is 24.5. The lowest BCUT2D eigenvalue weighted by molar-refractivity contribution is -0.385. The Morgan fingerprint density at radius 1 is 0.155 bits per heavy atom. The largest absolute Gasteiger partial charge is 0.374 e. The van der Waals surface area contributed by atoms with E-state index in [4.69, 9.17) is 94.7 Å². The molecule has 0 spiro atoms. The molecule has 0 aliphatic carbocycles. The Balaban J connectivity index is 0.769. The first-order chi connectivity index (χ1) is 70.4. The molecule has 4 aliphatic heterocycles. The average Bonchev–Trinajstić information content (AvgIpc) is 0.764. The third kappa shape index (κ3) is 29.7. The predicted molar refractivity (Wildman–Crippen MR) is 541 cm³/mol. The van der Waals surface area contributed by atoms with Crippen LogP contribution < -0.4 is 0 Å². The number of hydrogen-bond acceptors (Lipinski definition) is 21. The summed E-state index contributed by atoms with van der Waals surface area (Å²) in [6.45, 7) is 1.76. The molecule has 21 heteroatoms. The standard InChI is InChI=1S/C121H124O20S/c1-15-43-88(44-16-1)71-122-84-102-106(125-74-91-49-21-4-22-50-91)110(127-76-93-53-25-6-26-54-93)115(132-81-98-63-35-11-36-64-98)119(137-102)140-108-103(85-123-72-89-45-17-2-18-46-89)136-118(114(131-80-97-61-33-10-34-62-97)112(108)129-78-95-57-29-8-30-58-95)135-87-105-107(126-75-92-51-23-5-24-52-92)111(128-77-94-55-27-7-28-56-94)116(133-82-99-65-37-12-38-66-99)120(138-105)141-109-104(86-124-73-90-47-19-3-20-48-90)139-121(142-101-69-41-14-42-70-101)117(134-83-100-67-39-13-40-68-100)113(109)130-79-96-59-31-9-32-60-96/h1-70,102-121H,71-87H2/t102-,103-,104-,105-,106-,107-,108-,109-,110+,111+,112+,113+,114-,115-,116-,117-,118+,119-,120-,121+/m1/s1. The van der Waals surface area contributed by atoms with Crippen molar-refractivity contribution in [3.8, 4) is 0 Å². The average molecular weight is 1930 g/mol. The van der Waals surface area contributed by atoms with Gasteiger partial charge in [0.15, 0.2) is 18.9 Å². The topological polar surface area (TPSA) is 185 Å². The Morgan fingerprint density at radius 2 is 0.338 bits per heavy atom. The summed E-state index contributed by atoms with van der Waals surface area (Å²) in [6.07, 6.45) is -20.0. The van der Waals surface area contributed by atoms with Crippen LogP contribution in [0.1, 0.15) is 72.3 Å². The van der Waals surface area contributed by atoms with Crippen LogP contribution in [0.2, 0.25) is 0 Å². The lowest BCUT2D eigenvalue weighted by Gasteiger charge is -2.51. The molecule has 0 radical (unpaired) electrons. The van der Waals surface area contributed by atoms with E-state index in [1.54, 1.807) is 11.8 Å². The minimum atomic E-state index is -1.36. The third-order valence-corrected chi connectivity index (χ3v) is 26.6. The van der Waals surface area contributed by atoms with Crippen molar-refractivity contribution >= 4 is 11.8 Å². The number of benzene rings is 14. The zero-order valence-electron chi connectivity index (χ0n) is 79.6. The molecule has 734 valence electrons. The van der Waals surface area contributed by atoms with Crippen molar-refractivity contribution in [1.29, 1.82) is 0 Å². The Bertz CT molecular complexity index is 5820. The van der Waals surface area contributed by atoms with Gasteiger partial charge < -0.3 is 94.7 Å². The molecule has 0 saturated carbocycles. The number of hydrogen-bond donors (Lipinski definition) is 0. The zero-order chi connectivity index (χ0) is 96.0. The molecule has 14 aromatic carbocycles. The van der Waals surface area contributed by atoms with Gasteiger partial charge in [-0.1, -0.05) is 424 Å². The van der Waals surface area contributed by atoms with E-state index in [2.05, 4.69) is 36.4 Å². The van der Waals surface area contributed by atoms with Crippen molar-refractivity contribution in [2.45, 2.75) is 213 Å². The quantitative estimate of drug-likeness (QED) is 0.0350. The molecule has 0 unspecified atom stereocenters. The Morgan fingerprint density at radius 3 is 0.606 bits per heavy atom. The first-order valence-corrected chi connectivity index (χ1v) is 50.0. The van der Waals surface area contributed by atoms with E-state index in [1.165, 1.54) is 0 Å². The summed E-state index contributed by atoms with van der Waals surface area (Å²) in [6, 6.07) is 141. The van der Waals surface area contributed by atoms with E-state index in [1.807, 2.05) is 388 Å². The molecule has 0 amide bonds. The van der Waals surface area contributed by atoms with Gasteiger partial charge in [0.2, 0.25) is 0 Å². The van der Waals surface area contributed by atoms with Crippen LogP contribution in [-0.4, -0.2) is 148 Å². The molecule has 0 aromatic heterocycles. The summed E-state index contributed by atoms with van der Waals surface area (Å²) in [7, 11) is 0. The van der Waals surface area contributed by atoms with Gasteiger partial charge in [-0.05, 0) is 84.5 Å². The lowest BCUT2D eigenvalue weighted by Crippen LogP contribution is -2.67. The van der Waals surface area contributed by atoms with Crippen molar-refractivity contribution in [2.24, 2.45) is 0 Å². The molecule has 0 bridgehead atoms. The minimum absolute atomic E-state index is 0.0374. The molecule has 142 heavy (non-hydrogen) atoms. The van der Waals surface area contributed by atoms with E-state index in [-0.39, 0.29) is 112 Å². The van der Waals surface area contributed by atoms with E-state index in [0.717, 1.165) is 77.2 Å². The highest BCUT2D eigenvalue weighted by Gasteiger charge is 2.58. The van der Waals surface area contributed by atoms with Crippen LogP contribution in [0.25, 0.3) is 0 Å². The van der Waals surface area contributed by atoms with Gasteiger partial charge >= 0.3 is 0 Å². The molecule has 4 saturated heterocycles. The van der Waals surface area contributed by atoms with E-state index < -0.39 is 122 Å². The van der Waals surface area contributed by atoms with Gasteiger partial charge in [0.25, 0.3) is 0 Å². The van der Waals surface area contributed by atoms with Gasteiger partial charge in [-0.15, -0.1) is 0 Å². The van der Waals surface area contributed by atoms with Crippen LogP contribution in [0, 0.1) is 0 Å². The monoisotopic (exact) mass is 1930 g/mol. The van der Waals surface area contributed by atoms with Crippen molar-refractivity contribution in [1.82, 2.24) is 0 Å². The fourth-order valence-electron chi connectivity index (χ4n) is 18.1. The SMILES string of the molecule is c1ccc(COC[C@H]2O[C@@H](Sc3ccccc3)[C@H](OCc3ccccc3)[C@@H](OCc3ccccc3)[C@@H]2O[C@H]2O[C@H](CO[C@H]3O[C@H](COCc4ccccc4)[C@@H](O[C@H]4O[C@H](COCc5ccccc5)[C@@H](OCc5ccccc5)[C@H](OCc5ccccc5)[C@H]4OCc4ccccc4)[C@H](OCc4ccccc4)[C@H]3OCc3ccccc3)[C@@H](OCc3ccccc3)[C@H](OCc3ccccc3)[C@H]2OCc2ccccc2)cc1. The highest BCUT2D eigenvalue weighted by molar-refractivity contribution is 7.99. The van der Waals surface area contributed by atoms with Gasteiger partial charge in [-0.2, -0.15) is 0 Å². The van der Waals surface area contributed by atoms with E-state index in [0.29, 0.717) is 0 Å². The predicted octanol–water partition coefficient (Wildman–Crippen LogP) is 22.0. The Kier molecular flexibility index (Phi) is 38.6. The van der Waals surface area contributed by atoms with Crippen molar-refractivity contribution in [2.75, 3.05) is 26.4 Å². The van der Waals surface area contributed by atoms with Gasteiger partial charge in [0.05, 0.1) is 112 Å². The smallest absolute Gasteiger partial charge is 0.187 e. The molecule has 20 atom stereocenters. The fraction of sp³-hybridized carbons (Fsp3) is 0.306. The first-order valence-electron chi connectivity index (χ1n) is 49.1. The van der Waals surface area contributed by atoms with Crippen LogP contribution >= 0.6 is 11.8 Å². The number of rotatable bonds is 51. The summed E-state index contributed by atoms with van der Waals surface area (Å²) < 4.78 is 151. The van der Waals surface area contributed by atoms with Crippen molar-refractivity contribution < 1.29 is 94.7 Å². The molecule has 14 aromatic rings. The molecular formula is C121H124O20S. The highest BCUT2D eigenvalue weighted by Crippen LogP contribution is 2.44. The number of thioether (sulfide) groups is 1. The molecule has 4 fully saturated rings. The molecule has 18 rings (SSSR count). The molecule has 4 heterocycles. The van der Waals surface area contributed by atoms with Crippen LogP contribution in [-0.2, 0) is 181 Å². The van der Waals surface area contributed by atoms with Crippen LogP contribution in [0.4, 0.5) is 0 Å². The fourth-order valence-corrected chi connectivity index (χ4v) is 19.2. The van der Waals surface area contributed by atoms with Gasteiger partial charge in [0.1, 0.15) is 103 Å². The second-order valence-corrected chi connectivity index (χ2v) is 36.9. The highest BCUT2D eigenvalue weighted by atomic mass is 32.2. The minimum Gasteiger partial charge on any atom is -0.374 e. The second kappa shape index (κ2) is 54.4. The van der Waals surface area contributed by atoms with E-state index in [9.17, 15) is 0 Å². The lowest BCUT2D eigenvalue weighted by atomic mass is 9.95. The number of ether oxygens (including phenoxy) is 20. The summed E-state index contributed by atoms with van der Waals surface area (Å²) in [4.78, 5) is 0.958. The van der Waals surface area contributed by atoms with Crippen molar-refractivity contribution in [3.05, 3.63) is 497 Å². The molecule has 0 N–H and O–H groups in total. The summed E-state index contributed by atoms with van der Waals surface area (Å²) in [5, 5.41) is 0. The summed E-state index contributed by atoms with van der Waals surface area (Å²) >= 11 is 1.55. The summed E-state index contributed by atoms with van der Waals surface area (Å²) in [5.41, 5.74) is 11.2. The third-order valence-electron chi connectivity index (χ3n) is 25.4. The Hall–Kier alpha value is -11.4.